The number of hydrogen-bond acceptors (Lipinski definition) is 3. The summed E-state index contributed by atoms with van der Waals surface area (Å²) in [7, 11) is 0. The summed E-state index contributed by atoms with van der Waals surface area (Å²) in [6, 6.07) is 2.68. The molecule has 1 aliphatic heterocycles. The molecular formula is C13H15F2NO2. The van der Waals surface area contributed by atoms with Gasteiger partial charge in [-0.25, -0.2) is 8.78 Å². The highest BCUT2D eigenvalue weighted by molar-refractivity contribution is 6.03. The van der Waals surface area contributed by atoms with Crippen LogP contribution in [0.3, 0.4) is 0 Å². The zero-order chi connectivity index (χ0) is 13.3. The van der Waals surface area contributed by atoms with E-state index in [1.807, 2.05) is 0 Å². The molecule has 1 aromatic rings. The van der Waals surface area contributed by atoms with E-state index in [1.54, 1.807) is 0 Å². The number of nitrogens with two attached hydrogens (primary N) is 1. The summed E-state index contributed by atoms with van der Waals surface area (Å²) in [5.41, 5.74) is 4.71. The second-order valence-electron chi connectivity index (χ2n) is 4.66. The minimum Gasteiger partial charge on any atom is -0.381 e. The maximum atomic E-state index is 13.8. The van der Waals surface area contributed by atoms with E-state index in [2.05, 4.69) is 0 Å². The Morgan fingerprint density at radius 1 is 1.28 bits per heavy atom. The van der Waals surface area contributed by atoms with Gasteiger partial charge in [0, 0.05) is 13.2 Å². The van der Waals surface area contributed by atoms with Gasteiger partial charge in [0.1, 0.15) is 0 Å². The number of rotatable bonds is 2. The highest BCUT2D eigenvalue weighted by Crippen LogP contribution is 2.25. The molecule has 0 amide bonds. The Kier molecular flexibility index (Phi) is 3.45. The number of carbonyl (C=O) groups is 1. The molecule has 1 aromatic carbocycles. The Bertz CT molecular complexity index is 482. The van der Waals surface area contributed by atoms with E-state index in [-0.39, 0.29) is 11.1 Å². The van der Waals surface area contributed by atoms with Crippen molar-refractivity contribution in [3.63, 3.8) is 0 Å². The van der Waals surface area contributed by atoms with Crippen molar-refractivity contribution in [3.05, 3.63) is 34.9 Å². The van der Waals surface area contributed by atoms with Gasteiger partial charge in [0.15, 0.2) is 17.4 Å². The van der Waals surface area contributed by atoms with Crippen molar-refractivity contribution < 1.29 is 18.3 Å². The van der Waals surface area contributed by atoms with E-state index in [0.29, 0.717) is 26.1 Å². The number of ketones is 1. The Morgan fingerprint density at radius 2 is 1.89 bits per heavy atom. The van der Waals surface area contributed by atoms with Crippen molar-refractivity contribution >= 4 is 5.78 Å². The first-order chi connectivity index (χ1) is 8.46. The molecule has 1 aliphatic rings. The molecule has 0 radical (unpaired) electrons. The number of benzene rings is 1. The van der Waals surface area contributed by atoms with Crippen molar-refractivity contribution in [2.45, 2.75) is 25.3 Å². The van der Waals surface area contributed by atoms with E-state index in [4.69, 9.17) is 10.5 Å². The summed E-state index contributed by atoms with van der Waals surface area (Å²) >= 11 is 0. The van der Waals surface area contributed by atoms with Gasteiger partial charge in [-0.05, 0) is 31.4 Å². The SMILES string of the molecule is Cc1ccc(C(=O)C2(N)CCOCC2)c(F)c1F. The van der Waals surface area contributed by atoms with Gasteiger partial charge in [0.25, 0.3) is 0 Å². The first-order valence-electron chi connectivity index (χ1n) is 5.82. The number of hydrogen-bond donors (Lipinski definition) is 1. The second kappa shape index (κ2) is 4.74. The van der Waals surface area contributed by atoms with Gasteiger partial charge in [-0.2, -0.15) is 0 Å². The molecule has 0 aliphatic carbocycles. The molecule has 0 aromatic heterocycles. The van der Waals surface area contributed by atoms with Crippen LogP contribution in [0.5, 0.6) is 0 Å². The fourth-order valence-corrected chi connectivity index (χ4v) is 2.05. The fraction of sp³-hybridized carbons (Fsp3) is 0.462. The first kappa shape index (κ1) is 13.1. The molecule has 1 fully saturated rings. The van der Waals surface area contributed by atoms with E-state index in [9.17, 15) is 13.6 Å². The van der Waals surface area contributed by atoms with Crippen LogP contribution < -0.4 is 5.73 Å². The van der Waals surface area contributed by atoms with Gasteiger partial charge in [0.05, 0.1) is 11.1 Å². The van der Waals surface area contributed by atoms with Crippen LogP contribution in [0.1, 0.15) is 28.8 Å². The Morgan fingerprint density at radius 3 is 2.50 bits per heavy atom. The zero-order valence-corrected chi connectivity index (χ0v) is 10.1. The zero-order valence-electron chi connectivity index (χ0n) is 10.1. The van der Waals surface area contributed by atoms with Crippen molar-refractivity contribution in [1.29, 1.82) is 0 Å². The van der Waals surface area contributed by atoms with Gasteiger partial charge in [-0.1, -0.05) is 6.07 Å². The Hall–Kier alpha value is -1.33. The topological polar surface area (TPSA) is 52.3 Å². The van der Waals surface area contributed by atoms with Crippen molar-refractivity contribution in [2.24, 2.45) is 5.73 Å². The van der Waals surface area contributed by atoms with Gasteiger partial charge in [-0.15, -0.1) is 0 Å². The molecule has 0 atom stereocenters. The van der Waals surface area contributed by atoms with Crippen LogP contribution in [0.4, 0.5) is 8.78 Å². The van der Waals surface area contributed by atoms with Crippen LogP contribution in [-0.2, 0) is 4.74 Å². The standard InChI is InChI=1S/C13H15F2NO2/c1-8-2-3-9(11(15)10(8)14)12(17)13(16)4-6-18-7-5-13/h2-3H,4-7,16H2,1H3. The van der Waals surface area contributed by atoms with Crippen LogP contribution in [0.25, 0.3) is 0 Å². The molecule has 0 saturated carbocycles. The van der Waals surface area contributed by atoms with Crippen molar-refractivity contribution in [3.8, 4) is 0 Å². The molecule has 0 spiro atoms. The highest BCUT2D eigenvalue weighted by atomic mass is 19.2. The van der Waals surface area contributed by atoms with Crippen LogP contribution in [0.15, 0.2) is 12.1 Å². The maximum absolute atomic E-state index is 13.8. The molecule has 18 heavy (non-hydrogen) atoms. The lowest BCUT2D eigenvalue weighted by atomic mass is 9.83. The predicted molar refractivity (Wildman–Crippen MR) is 62.4 cm³/mol. The number of halogens is 2. The molecular weight excluding hydrogens is 240 g/mol. The Balaban J connectivity index is 2.37. The summed E-state index contributed by atoms with van der Waals surface area (Å²) in [5.74, 6) is -2.66. The Labute approximate surface area is 104 Å². The summed E-state index contributed by atoms with van der Waals surface area (Å²) < 4.78 is 32.3. The smallest absolute Gasteiger partial charge is 0.185 e. The molecule has 0 unspecified atom stereocenters. The third-order valence-corrected chi connectivity index (χ3v) is 3.36. The maximum Gasteiger partial charge on any atom is 0.185 e. The van der Waals surface area contributed by atoms with E-state index >= 15 is 0 Å². The number of carbonyl (C=O) groups excluding carboxylic acids is 1. The molecule has 1 heterocycles. The average Bonchev–Trinajstić information content (AvgIpc) is 2.36. The lowest BCUT2D eigenvalue weighted by molar-refractivity contribution is 0.0444. The second-order valence-corrected chi connectivity index (χ2v) is 4.66. The molecule has 98 valence electrons. The van der Waals surface area contributed by atoms with E-state index in [0.717, 1.165) is 0 Å². The number of Topliss-reactive ketones (excluding diaryl/α,β-unsaturated/α-hetero) is 1. The van der Waals surface area contributed by atoms with Crippen LogP contribution >= 0.6 is 0 Å². The minimum atomic E-state index is -1.15. The lowest BCUT2D eigenvalue weighted by Gasteiger charge is -2.31. The van der Waals surface area contributed by atoms with E-state index in [1.165, 1.54) is 19.1 Å². The average molecular weight is 255 g/mol. The minimum absolute atomic E-state index is 0.169. The monoisotopic (exact) mass is 255 g/mol. The van der Waals surface area contributed by atoms with Gasteiger partial charge < -0.3 is 10.5 Å². The molecule has 5 heteroatoms. The predicted octanol–water partition coefficient (Wildman–Crippen LogP) is 1.96. The van der Waals surface area contributed by atoms with Crippen LogP contribution in [0, 0.1) is 18.6 Å². The fourth-order valence-electron chi connectivity index (χ4n) is 2.05. The summed E-state index contributed by atoms with van der Waals surface area (Å²) in [4.78, 5) is 12.2. The summed E-state index contributed by atoms with van der Waals surface area (Å²) in [6.07, 6.45) is 0.640. The van der Waals surface area contributed by atoms with Crippen LogP contribution in [0.2, 0.25) is 0 Å². The first-order valence-corrected chi connectivity index (χ1v) is 5.82. The quantitative estimate of drug-likeness (QED) is 0.822. The molecule has 0 bridgehead atoms. The van der Waals surface area contributed by atoms with Gasteiger partial charge >= 0.3 is 0 Å². The van der Waals surface area contributed by atoms with Gasteiger partial charge in [-0.3, -0.25) is 4.79 Å². The largest absolute Gasteiger partial charge is 0.381 e. The number of aryl methyl sites for hydroxylation is 1. The molecule has 2 rings (SSSR count). The third kappa shape index (κ3) is 2.15. The van der Waals surface area contributed by atoms with Crippen LogP contribution in [-0.4, -0.2) is 24.5 Å². The van der Waals surface area contributed by atoms with Gasteiger partial charge in [0.2, 0.25) is 0 Å². The molecule has 1 saturated heterocycles. The summed E-state index contributed by atoms with van der Waals surface area (Å²) in [6.45, 7) is 2.16. The summed E-state index contributed by atoms with van der Waals surface area (Å²) in [5, 5.41) is 0. The highest BCUT2D eigenvalue weighted by Gasteiger charge is 2.38. The van der Waals surface area contributed by atoms with Crippen molar-refractivity contribution in [2.75, 3.05) is 13.2 Å². The van der Waals surface area contributed by atoms with E-state index < -0.39 is 23.0 Å². The number of ether oxygens (including phenoxy) is 1. The molecule has 2 N–H and O–H groups in total. The lowest BCUT2D eigenvalue weighted by Crippen LogP contribution is -2.52. The normalized spacial score (nSPS) is 18.7. The van der Waals surface area contributed by atoms with Crippen molar-refractivity contribution in [1.82, 2.24) is 0 Å². The molecule has 3 nitrogen and oxygen atoms in total. The third-order valence-electron chi connectivity index (χ3n) is 3.36.